The molecule has 0 saturated heterocycles. The van der Waals surface area contributed by atoms with E-state index in [0.29, 0.717) is 0 Å². The number of rotatable bonds is 29. The van der Waals surface area contributed by atoms with Crippen molar-refractivity contribution in [3.05, 3.63) is 0 Å². The Morgan fingerprint density at radius 2 is 0.686 bits per heavy atom. The summed E-state index contributed by atoms with van der Waals surface area (Å²) in [4.78, 5) is 40.5. The van der Waals surface area contributed by atoms with E-state index in [4.69, 9.17) is 38.5 Å². The van der Waals surface area contributed by atoms with Crippen LogP contribution in [-0.2, 0) is 38.5 Å². The van der Waals surface area contributed by atoms with Gasteiger partial charge in [-0.3, -0.25) is 9.80 Å². The molecule has 1 heterocycles. The third-order valence-electron chi connectivity index (χ3n) is 6.12. The van der Waals surface area contributed by atoms with Crippen molar-refractivity contribution in [2.75, 3.05) is 81.3 Å². The minimum Gasteiger partial charge on any atom is -0.376 e. The first-order chi connectivity index (χ1) is 24.0. The van der Waals surface area contributed by atoms with E-state index in [1.165, 1.54) is 0 Å². The van der Waals surface area contributed by atoms with E-state index in [1.54, 1.807) is 0 Å². The van der Waals surface area contributed by atoms with Crippen molar-refractivity contribution in [1.82, 2.24) is 15.0 Å². The number of aliphatic hydroxyl groups is 4. The van der Waals surface area contributed by atoms with Crippen LogP contribution in [-0.4, -0.2) is 114 Å². The lowest BCUT2D eigenvalue weighted by Gasteiger charge is -2.48. The van der Waals surface area contributed by atoms with E-state index in [0.717, 1.165) is 14.7 Å². The SMILES string of the molecule is CC(C)COOC(OCC(C)C)(OCC(C)C)N(c1nc(N(CO)CO)nc(N(CO)CO)n1)C(OCC(C)C)(OCC(C)C)OOCC(C)C. The highest BCUT2D eigenvalue weighted by atomic mass is 17.3. The first-order valence-electron chi connectivity index (χ1n) is 17.7. The zero-order valence-electron chi connectivity index (χ0n) is 32.8. The Kier molecular flexibility index (Phi) is 21.7. The minimum absolute atomic E-state index is 0.0109. The summed E-state index contributed by atoms with van der Waals surface area (Å²) in [6.07, 6.45) is -4.91. The number of anilines is 3. The van der Waals surface area contributed by atoms with Crippen LogP contribution in [0.1, 0.15) is 83.1 Å². The molecular weight excluding hydrogens is 672 g/mol. The molecule has 0 aliphatic carbocycles. The Morgan fingerprint density at radius 1 is 0.431 bits per heavy atom. The van der Waals surface area contributed by atoms with Gasteiger partial charge in [0.25, 0.3) is 0 Å². The van der Waals surface area contributed by atoms with Crippen LogP contribution < -0.4 is 14.7 Å². The molecule has 0 spiro atoms. The van der Waals surface area contributed by atoms with E-state index >= 15 is 0 Å². The molecule has 51 heavy (non-hydrogen) atoms. The normalized spacial score (nSPS) is 12.8. The molecule has 1 aromatic heterocycles. The Labute approximate surface area is 303 Å². The van der Waals surface area contributed by atoms with Gasteiger partial charge in [-0.1, -0.05) is 83.1 Å². The summed E-state index contributed by atoms with van der Waals surface area (Å²) < 4.78 is 26.1. The molecule has 0 saturated carbocycles. The molecule has 4 N–H and O–H groups in total. The molecule has 0 unspecified atom stereocenters. The summed E-state index contributed by atoms with van der Waals surface area (Å²) in [5.41, 5.74) is 0. The first-order valence-corrected chi connectivity index (χ1v) is 17.7. The zero-order valence-corrected chi connectivity index (χ0v) is 32.8. The average molecular weight is 739 g/mol. The summed E-state index contributed by atoms with van der Waals surface area (Å²) in [6.45, 7) is 20.5. The van der Waals surface area contributed by atoms with Gasteiger partial charge in [-0.2, -0.15) is 19.9 Å². The fraction of sp³-hybridized carbons (Fsp3) is 0.909. The van der Waals surface area contributed by atoms with Gasteiger partial charge in [0.2, 0.25) is 17.8 Å². The molecule has 300 valence electrons. The zero-order chi connectivity index (χ0) is 38.8. The van der Waals surface area contributed by atoms with Crippen molar-refractivity contribution >= 4 is 17.8 Å². The van der Waals surface area contributed by atoms with E-state index in [-0.39, 0.29) is 87.0 Å². The maximum absolute atomic E-state index is 10.1. The van der Waals surface area contributed by atoms with Crippen LogP contribution in [0.3, 0.4) is 0 Å². The van der Waals surface area contributed by atoms with Crippen molar-refractivity contribution in [3.63, 3.8) is 0 Å². The van der Waals surface area contributed by atoms with Gasteiger partial charge in [0.1, 0.15) is 26.9 Å². The maximum Gasteiger partial charge on any atom is 0.412 e. The number of nitrogens with zero attached hydrogens (tertiary/aromatic N) is 6. The predicted octanol–water partition coefficient (Wildman–Crippen LogP) is 3.21. The van der Waals surface area contributed by atoms with Crippen molar-refractivity contribution in [1.29, 1.82) is 0 Å². The molecule has 1 rings (SSSR count). The van der Waals surface area contributed by atoms with Crippen LogP contribution in [0.2, 0.25) is 0 Å². The van der Waals surface area contributed by atoms with Gasteiger partial charge in [-0.15, -0.1) is 9.78 Å². The molecule has 18 nitrogen and oxygen atoms in total. The monoisotopic (exact) mass is 738 g/mol. The van der Waals surface area contributed by atoms with Crippen molar-refractivity contribution in [2.45, 2.75) is 95.3 Å². The summed E-state index contributed by atoms with van der Waals surface area (Å²) in [5.74, 6) is -1.25. The van der Waals surface area contributed by atoms with Gasteiger partial charge in [0.15, 0.2) is 0 Å². The summed E-state index contributed by atoms with van der Waals surface area (Å²) in [7, 11) is 0. The third kappa shape index (κ3) is 15.8. The quantitative estimate of drug-likeness (QED) is 0.0529. The smallest absolute Gasteiger partial charge is 0.376 e. The highest BCUT2D eigenvalue weighted by Gasteiger charge is 2.61. The van der Waals surface area contributed by atoms with Crippen molar-refractivity contribution in [2.24, 2.45) is 35.5 Å². The molecule has 18 heteroatoms. The third-order valence-corrected chi connectivity index (χ3v) is 6.12. The van der Waals surface area contributed by atoms with Crippen LogP contribution >= 0.6 is 0 Å². The molecular formula is C33H66N6O12. The lowest BCUT2D eigenvalue weighted by Crippen LogP contribution is -2.69. The van der Waals surface area contributed by atoms with E-state index in [2.05, 4.69) is 15.0 Å². The molecule has 0 fully saturated rings. The number of hydrogen-bond donors (Lipinski definition) is 4. The van der Waals surface area contributed by atoms with Gasteiger partial charge >= 0.3 is 12.2 Å². The Balaban J connectivity index is 4.58. The van der Waals surface area contributed by atoms with E-state index in [1.807, 2.05) is 83.1 Å². The van der Waals surface area contributed by atoms with Gasteiger partial charge in [-0.25, -0.2) is 9.78 Å². The second kappa shape index (κ2) is 23.6. The van der Waals surface area contributed by atoms with Crippen LogP contribution in [0.25, 0.3) is 0 Å². The molecule has 0 bridgehead atoms. The van der Waals surface area contributed by atoms with Crippen LogP contribution in [0.4, 0.5) is 17.8 Å². The molecule has 1 aromatic rings. The minimum atomic E-state index is -2.46. The summed E-state index contributed by atoms with van der Waals surface area (Å²) in [6, 6.07) is 0. The summed E-state index contributed by atoms with van der Waals surface area (Å²) >= 11 is 0. The highest BCUT2D eigenvalue weighted by molar-refractivity contribution is 5.47. The largest absolute Gasteiger partial charge is 0.412 e. The number of aromatic nitrogens is 3. The lowest BCUT2D eigenvalue weighted by molar-refractivity contribution is -0.565. The number of hydrogen-bond acceptors (Lipinski definition) is 18. The predicted molar refractivity (Wildman–Crippen MR) is 188 cm³/mol. The van der Waals surface area contributed by atoms with Gasteiger partial charge in [-0.05, 0) is 35.5 Å². The fourth-order valence-electron chi connectivity index (χ4n) is 3.57. The van der Waals surface area contributed by atoms with Crippen LogP contribution in [0, 0.1) is 35.5 Å². The second-order valence-corrected chi connectivity index (χ2v) is 14.6. The van der Waals surface area contributed by atoms with Gasteiger partial charge in [0, 0.05) is 0 Å². The standard InChI is InChI=1S/C33H66N6O12/c1-23(2)13-44-32(45-14-24(3)4,50-48-17-27(9)10)39(31-35-29(37(19-40)20-41)34-30(36-31)38(21-42)22-43)33(46-15-25(5)6,47-16-26(7)8)51-49-18-28(11)12/h23-28,40-43H,13-22H2,1-12H3. The lowest BCUT2D eigenvalue weighted by atomic mass is 10.2. The first kappa shape index (κ1) is 47.0. The molecule has 0 aliphatic rings. The maximum atomic E-state index is 10.1. The molecule has 0 aromatic carbocycles. The van der Waals surface area contributed by atoms with Crippen molar-refractivity contribution in [3.8, 4) is 0 Å². The molecule has 0 aliphatic heterocycles. The molecule has 0 atom stereocenters. The number of aliphatic hydroxyl groups excluding tert-OH is 4. The molecule has 0 radical (unpaired) electrons. The van der Waals surface area contributed by atoms with Gasteiger partial charge in [0.05, 0.1) is 39.6 Å². The second-order valence-electron chi connectivity index (χ2n) is 14.6. The van der Waals surface area contributed by atoms with E-state index < -0.39 is 45.1 Å². The fourth-order valence-corrected chi connectivity index (χ4v) is 3.57. The van der Waals surface area contributed by atoms with E-state index in [9.17, 15) is 20.4 Å². The van der Waals surface area contributed by atoms with Gasteiger partial charge < -0.3 is 39.4 Å². The Hall–Kier alpha value is -2.07. The van der Waals surface area contributed by atoms with Crippen LogP contribution in [0.15, 0.2) is 0 Å². The average Bonchev–Trinajstić information content (AvgIpc) is 3.05. The summed E-state index contributed by atoms with van der Waals surface area (Å²) in [5, 5.41) is 40.6. The molecule has 0 amide bonds. The van der Waals surface area contributed by atoms with Crippen molar-refractivity contribution < 1.29 is 58.9 Å². The van der Waals surface area contributed by atoms with Crippen LogP contribution in [0.5, 0.6) is 0 Å². The number of ether oxygens (including phenoxy) is 4. The Morgan fingerprint density at radius 3 is 0.922 bits per heavy atom. The highest BCUT2D eigenvalue weighted by Crippen LogP contribution is 2.39. The topological polar surface area (TPSA) is 203 Å². The Bertz CT molecular complexity index is 961.